The molecule has 0 amide bonds. The van der Waals surface area contributed by atoms with Crippen LogP contribution in [0.15, 0.2) is 22.7 Å². The molecule has 5 nitrogen and oxygen atoms in total. The highest BCUT2D eigenvalue weighted by Crippen LogP contribution is 2.28. The summed E-state index contributed by atoms with van der Waals surface area (Å²) in [5.41, 5.74) is 5.72. The molecule has 1 aromatic carbocycles. The molecule has 4 rings (SSSR count). The van der Waals surface area contributed by atoms with Gasteiger partial charge in [-0.3, -0.25) is 4.90 Å². The quantitative estimate of drug-likeness (QED) is 0.795. The van der Waals surface area contributed by atoms with Gasteiger partial charge in [-0.15, -0.1) is 0 Å². The standard InChI is InChI=1S/C19H24N4O/c1-12-6-7-17-18(9-12)21-19(20-17)15-5-4-8-23(10-15)11-16-13(2)22-24-14(16)3/h6-7,9,15H,4-5,8,10-11H2,1-3H3,(H,20,21)/t15-/m1/s1. The second-order valence-corrected chi connectivity index (χ2v) is 7.02. The Bertz CT molecular complexity index is 844. The molecule has 0 bridgehead atoms. The fraction of sp³-hybridized carbons (Fsp3) is 0.474. The van der Waals surface area contributed by atoms with Crippen molar-refractivity contribution in [3.63, 3.8) is 0 Å². The summed E-state index contributed by atoms with van der Waals surface area (Å²) in [5, 5.41) is 4.08. The molecular weight excluding hydrogens is 300 g/mol. The van der Waals surface area contributed by atoms with Crippen molar-refractivity contribution in [2.24, 2.45) is 0 Å². The lowest BCUT2D eigenvalue weighted by Crippen LogP contribution is -2.34. The van der Waals surface area contributed by atoms with Crippen molar-refractivity contribution in [2.45, 2.75) is 46.1 Å². The molecule has 1 saturated heterocycles. The molecule has 0 unspecified atom stereocenters. The first-order valence-electron chi connectivity index (χ1n) is 8.70. The maximum absolute atomic E-state index is 5.30. The molecule has 1 fully saturated rings. The first-order valence-corrected chi connectivity index (χ1v) is 8.70. The predicted octanol–water partition coefficient (Wildman–Crippen LogP) is 3.86. The van der Waals surface area contributed by atoms with Crippen LogP contribution in [0.25, 0.3) is 11.0 Å². The van der Waals surface area contributed by atoms with Crippen LogP contribution in [-0.4, -0.2) is 33.1 Å². The number of benzene rings is 1. The Morgan fingerprint density at radius 1 is 1.29 bits per heavy atom. The fourth-order valence-corrected chi connectivity index (χ4v) is 3.71. The van der Waals surface area contributed by atoms with Crippen LogP contribution in [-0.2, 0) is 6.54 Å². The van der Waals surface area contributed by atoms with E-state index in [1.165, 1.54) is 24.0 Å². The number of aromatic amines is 1. The highest BCUT2D eigenvalue weighted by molar-refractivity contribution is 5.75. The van der Waals surface area contributed by atoms with E-state index in [0.29, 0.717) is 5.92 Å². The molecule has 0 spiro atoms. The summed E-state index contributed by atoms with van der Waals surface area (Å²) in [4.78, 5) is 10.9. The molecule has 24 heavy (non-hydrogen) atoms. The number of hydrogen-bond acceptors (Lipinski definition) is 4. The van der Waals surface area contributed by atoms with E-state index in [9.17, 15) is 0 Å². The Kier molecular flexibility index (Phi) is 3.88. The molecule has 126 valence electrons. The summed E-state index contributed by atoms with van der Waals surface area (Å²) < 4.78 is 5.30. The van der Waals surface area contributed by atoms with E-state index in [1.807, 2.05) is 13.8 Å². The lowest BCUT2D eigenvalue weighted by molar-refractivity contribution is 0.196. The van der Waals surface area contributed by atoms with Gasteiger partial charge in [0, 0.05) is 24.6 Å². The van der Waals surface area contributed by atoms with Crippen molar-refractivity contribution in [1.82, 2.24) is 20.0 Å². The van der Waals surface area contributed by atoms with Gasteiger partial charge in [0.15, 0.2) is 0 Å². The van der Waals surface area contributed by atoms with Crippen LogP contribution in [0.1, 0.15) is 47.2 Å². The van der Waals surface area contributed by atoms with E-state index in [2.05, 4.69) is 40.2 Å². The molecule has 1 aliphatic heterocycles. The number of rotatable bonds is 3. The number of fused-ring (bicyclic) bond motifs is 1. The molecular formula is C19H24N4O. The Labute approximate surface area is 142 Å². The van der Waals surface area contributed by atoms with Crippen LogP contribution in [0, 0.1) is 20.8 Å². The Morgan fingerprint density at radius 3 is 2.96 bits per heavy atom. The van der Waals surface area contributed by atoms with Gasteiger partial charge in [-0.2, -0.15) is 0 Å². The number of nitrogens with zero attached hydrogens (tertiary/aromatic N) is 3. The zero-order valence-electron chi connectivity index (χ0n) is 14.6. The van der Waals surface area contributed by atoms with Gasteiger partial charge in [-0.1, -0.05) is 11.2 Å². The van der Waals surface area contributed by atoms with Crippen LogP contribution in [0.4, 0.5) is 0 Å². The highest BCUT2D eigenvalue weighted by atomic mass is 16.5. The molecule has 2 aromatic heterocycles. The Morgan fingerprint density at radius 2 is 2.17 bits per heavy atom. The number of nitrogens with one attached hydrogen (secondary N) is 1. The molecule has 3 heterocycles. The van der Waals surface area contributed by atoms with E-state index in [-0.39, 0.29) is 0 Å². The van der Waals surface area contributed by atoms with Gasteiger partial charge < -0.3 is 9.51 Å². The minimum absolute atomic E-state index is 0.465. The number of piperidine rings is 1. The summed E-state index contributed by atoms with van der Waals surface area (Å²) in [6, 6.07) is 6.41. The number of imidazole rings is 1. The van der Waals surface area contributed by atoms with Gasteiger partial charge in [0.05, 0.1) is 16.7 Å². The smallest absolute Gasteiger partial charge is 0.138 e. The number of aryl methyl sites for hydroxylation is 3. The molecule has 1 N–H and O–H groups in total. The van der Waals surface area contributed by atoms with Crippen LogP contribution < -0.4 is 0 Å². The summed E-state index contributed by atoms with van der Waals surface area (Å²) in [6.45, 7) is 9.21. The maximum Gasteiger partial charge on any atom is 0.138 e. The van der Waals surface area contributed by atoms with E-state index >= 15 is 0 Å². The van der Waals surface area contributed by atoms with Crippen molar-refractivity contribution < 1.29 is 4.52 Å². The van der Waals surface area contributed by atoms with Gasteiger partial charge >= 0.3 is 0 Å². The summed E-state index contributed by atoms with van der Waals surface area (Å²) >= 11 is 0. The molecule has 1 atom stereocenters. The van der Waals surface area contributed by atoms with Gasteiger partial charge in [0.1, 0.15) is 11.6 Å². The van der Waals surface area contributed by atoms with Crippen molar-refractivity contribution in [3.05, 3.63) is 46.6 Å². The zero-order chi connectivity index (χ0) is 16.7. The van der Waals surface area contributed by atoms with Crippen molar-refractivity contribution >= 4 is 11.0 Å². The Balaban J connectivity index is 1.53. The summed E-state index contributed by atoms with van der Waals surface area (Å²) in [7, 11) is 0. The number of H-pyrrole nitrogens is 1. The normalized spacial score (nSPS) is 19.2. The SMILES string of the molecule is Cc1ccc2nc([C@@H]3CCCN(Cc4c(C)noc4C)C3)[nH]c2c1. The van der Waals surface area contributed by atoms with Crippen LogP contribution in [0.2, 0.25) is 0 Å². The van der Waals surface area contributed by atoms with Gasteiger partial charge in [0.25, 0.3) is 0 Å². The molecule has 0 aliphatic carbocycles. The van der Waals surface area contributed by atoms with Crippen LogP contribution >= 0.6 is 0 Å². The van der Waals surface area contributed by atoms with E-state index in [4.69, 9.17) is 9.51 Å². The zero-order valence-corrected chi connectivity index (χ0v) is 14.6. The number of hydrogen-bond donors (Lipinski definition) is 1. The van der Waals surface area contributed by atoms with Crippen molar-refractivity contribution in [3.8, 4) is 0 Å². The number of aromatic nitrogens is 3. The third-order valence-electron chi connectivity index (χ3n) is 5.11. The Hall–Kier alpha value is -2.14. The van der Waals surface area contributed by atoms with Crippen LogP contribution in [0.5, 0.6) is 0 Å². The molecule has 1 aliphatic rings. The first kappa shape index (κ1) is 15.4. The second-order valence-electron chi connectivity index (χ2n) is 7.02. The minimum Gasteiger partial charge on any atom is -0.361 e. The topological polar surface area (TPSA) is 58.0 Å². The average Bonchev–Trinajstić information content (AvgIpc) is 3.13. The second kappa shape index (κ2) is 6.06. The molecule has 0 radical (unpaired) electrons. The maximum atomic E-state index is 5.30. The van der Waals surface area contributed by atoms with Crippen LogP contribution in [0.3, 0.4) is 0 Å². The molecule has 3 aromatic rings. The monoisotopic (exact) mass is 324 g/mol. The summed E-state index contributed by atoms with van der Waals surface area (Å²) in [6.07, 6.45) is 2.39. The van der Waals surface area contributed by atoms with Gasteiger partial charge in [-0.25, -0.2) is 4.98 Å². The van der Waals surface area contributed by atoms with Gasteiger partial charge in [-0.05, 0) is 57.9 Å². The fourth-order valence-electron chi connectivity index (χ4n) is 3.71. The largest absolute Gasteiger partial charge is 0.361 e. The highest BCUT2D eigenvalue weighted by Gasteiger charge is 2.25. The first-order chi connectivity index (χ1) is 11.6. The molecule has 5 heteroatoms. The average molecular weight is 324 g/mol. The van der Waals surface area contributed by atoms with Crippen molar-refractivity contribution in [1.29, 1.82) is 0 Å². The lowest BCUT2D eigenvalue weighted by atomic mass is 9.97. The van der Waals surface area contributed by atoms with E-state index in [0.717, 1.165) is 47.9 Å². The number of likely N-dealkylation sites (tertiary alicyclic amines) is 1. The van der Waals surface area contributed by atoms with Crippen molar-refractivity contribution in [2.75, 3.05) is 13.1 Å². The minimum atomic E-state index is 0.465. The summed E-state index contributed by atoms with van der Waals surface area (Å²) in [5.74, 6) is 2.53. The van der Waals surface area contributed by atoms with Gasteiger partial charge in [0.2, 0.25) is 0 Å². The third-order valence-corrected chi connectivity index (χ3v) is 5.11. The third kappa shape index (κ3) is 2.84. The van der Waals surface area contributed by atoms with E-state index < -0.39 is 0 Å². The lowest BCUT2D eigenvalue weighted by Gasteiger charge is -2.31. The predicted molar refractivity (Wildman–Crippen MR) is 94.1 cm³/mol. The molecule has 0 saturated carbocycles. The van der Waals surface area contributed by atoms with E-state index in [1.54, 1.807) is 0 Å².